The molecule has 0 radical (unpaired) electrons. The minimum absolute atomic E-state index is 0.289. The molecule has 1 amide bonds. The molecule has 23 heavy (non-hydrogen) atoms. The van der Waals surface area contributed by atoms with Gasteiger partial charge in [0.1, 0.15) is 5.75 Å². The molecule has 1 N–H and O–H groups in total. The molecule has 5 nitrogen and oxygen atoms in total. The van der Waals surface area contributed by atoms with Crippen LogP contribution in [0.4, 0.5) is 0 Å². The van der Waals surface area contributed by atoms with Gasteiger partial charge in [-0.15, -0.1) is 0 Å². The number of aromatic nitrogens is 1. The summed E-state index contributed by atoms with van der Waals surface area (Å²) in [7, 11) is 0. The van der Waals surface area contributed by atoms with Gasteiger partial charge in [0, 0.05) is 12.4 Å². The number of pyridine rings is 1. The van der Waals surface area contributed by atoms with E-state index in [0.29, 0.717) is 18.1 Å². The Hall–Kier alpha value is -2.69. The van der Waals surface area contributed by atoms with Crippen LogP contribution in [-0.2, 0) is 0 Å². The van der Waals surface area contributed by atoms with E-state index in [1.807, 2.05) is 24.3 Å². The van der Waals surface area contributed by atoms with Gasteiger partial charge in [-0.25, -0.2) is 5.43 Å². The molecule has 0 saturated heterocycles. The molecule has 0 aliphatic carbocycles. The fraction of sp³-hybridized carbons (Fsp3) is 0.278. The maximum atomic E-state index is 11.8. The first kappa shape index (κ1) is 16.7. The van der Waals surface area contributed by atoms with Crippen molar-refractivity contribution in [2.75, 3.05) is 6.61 Å². The Morgan fingerprint density at radius 3 is 2.74 bits per heavy atom. The maximum Gasteiger partial charge on any atom is 0.272 e. The number of benzene rings is 1. The molecule has 0 aliphatic rings. The van der Waals surface area contributed by atoms with Crippen molar-refractivity contribution in [2.24, 2.45) is 11.0 Å². The fourth-order valence-electron chi connectivity index (χ4n) is 1.79. The van der Waals surface area contributed by atoms with Gasteiger partial charge in [0.15, 0.2) is 0 Å². The lowest BCUT2D eigenvalue weighted by Gasteiger charge is -2.07. The summed E-state index contributed by atoms with van der Waals surface area (Å²) in [5.41, 5.74) is 3.82. The Morgan fingerprint density at radius 1 is 1.30 bits per heavy atom. The minimum Gasteiger partial charge on any atom is -0.494 e. The van der Waals surface area contributed by atoms with Crippen LogP contribution in [0.2, 0.25) is 0 Å². The van der Waals surface area contributed by atoms with Crippen LogP contribution in [-0.4, -0.2) is 23.7 Å². The number of hydrazone groups is 1. The van der Waals surface area contributed by atoms with Gasteiger partial charge >= 0.3 is 0 Å². The second-order valence-electron chi connectivity index (χ2n) is 5.54. The molecule has 1 aromatic carbocycles. The Labute approximate surface area is 136 Å². The normalized spacial score (nSPS) is 10.9. The number of amides is 1. The van der Waals surface area contributed by atoms with Crippen molar-refractivity contribution in [2.45, 2.75) is 20.3 Å². The minimum atomic E-state index is -0.289. The third-order valence-corrected chi connectivity index (χ3v) is 3.15. The monoisotopic (exact) mass is 311 g/mol. The first-order chi connectivity index (χ1) is 11.1. The van der Waals surface area contributed by atoms with Crippen molar-refractivity contribution in [1.82, 2.24) is 10.4 Å². The summed E-state index contributed by atoms with van der Waals surface area (Å²) in [5.74, 6) is 1.18. The summed E-state index contributed by atoms with van der Waals surface area (Å²) in [5, 5.41) is 3.94. The van der Waals surface area contributed by atoms with Crippen LogP contribution < -0.4 is 10.2 Å². The lowest BCUT2D eigenvalue weighted by atomic mass is 10.1. The van der Waals surface area contributed by atoms with E-state index in [1.54, 1.807) is 24.5 Å². The molecule has 5 heteroatoms. The molecule has 0 aliphatic heterocycles. The average Bonchev–Trinajstić information content (AvgIpc) is 2.57. The predicted octanol–water partition coefficient (Wildman–Crippen LogP) is 3.27. The average molecular weight is 311 g/mol. The Balaban J connectivity index is 1.82. The summed E-state index contributed by atoms with van der Waals surface area (Å²) in [6, 6.07) is 11.0. The summed E-state index contributed by atoms with van der Waals surface area (Å²) >= 11 is 0. The molecular formula is C18H21N3O2. The molecule has 0 spiro atoms. The number of ether oxygens (including phenoxy) is 1. The van der Waals surface area contributed by atoms with E-state index in [0.717, 1.165) is 17.7 Å². The lowest BCUT2D eigenvalue weighted by molar-refractivity contribution is 0.0955. The van der Waals surface area contributed by atoms with Crippen molar-refractivity contribution in [3.63, 3.8) is 0 Å². The van der Waals surface area contributed by atoms with Crippen molar-refractivity contribution in [1.29, 1.82) is 0 Å². The van der Waals surface area contributed by atoms with Gasteiger partial charge < -0.3 is 4.74 Å². The third kappa shape index (κ3) is 5.90. The molecule has 2 rings (SSSR count). The van der Waals surface area contributed by atoms with E-state index in [9.17, 15) is 4.79 Å². The Bertz CT molecular complexity index is 637. The van der Waals surface area contributed by atoms with Gasteiger partial charge in [0.2, 0.25) is 0 Å². The fourth-order valence-corrected chi connectivity index (χ4v) is 1.79. The zero-order chi connectivity index (χ0) is 16.5. The highest BCUT2D eigenvalue weighted by molar-refractivity contribution is 5.94. The largest absolute Gasteiger partial charge is 0.494 e. The van der Waals surface area contributed by atoms with Crippen LogP contribution in [0, 0.1) is 5.92 Å². The number of rotatable bonds is 7. The SMILES string of the molecule is CC(C)CCOc1ccc(/C=N/NC(=O)c2cccnc2)cc1. The van der Waals surface area contributed by atoms with Gasteiger partial charge in [-0.05, 0) is 54.3 Å². The zero-order valence-corrected chi connectivity index (χ0v) is 13.4. The molecule has 0 fully saturated rings. The highest BCUT2D eigenvalue weighted by Gasteiger charge is 2.02. The molecular weight excluding hydrogens is 290 g/mol. The van der Waals surface area contributed by atoms with E-state index < -0.39 is 0 Å². The van der Waals surface area contributed by atoms with Crippen LogP contribution in [0.1, 0.15) is 36.2 Å². The van der Waals surface area contributed by atoms with E-state index in [-0.39, 0.29) is 5.91 Å². The predicted molar refractivity (Wildman–Crippen MR) is 90.7 cm³/mol. The van der Waals surface area contributed by atoms with Crippen molar-refractivity contribution >= 4 is 12.1 Å². The molecule has 0 atom stereocenters. The van der Waals surface area contributed by atoms with Crippen LogP contribution in [0.15, 0.2) is 53.9 Å². The number of nitrogens with one attached hydrogen (secondary N) is 1. The number of carbonyl (C=O) groups excluding carboxylic acids is 1. The maximum absolute atomic E-state index is 11.8. The van der Waals surface area contributed by atoms with E-state index in [2.05, 4.69) is 29.4 Å². The highest BCUT2D eigenvalue weighted by atomic mass is 16.5. The van der Waals surface area contributed by atoms with Crippen molar-refractivity contribution < 1.29 is 9.53 Å². The van der Waals surface area contributed by atoms with Crippen LogP contribution in [0.5, 0.6) is 5.75 Å². The first-order valence-corrected chi connectivity index (χ1v) is 7.61. The van der Waals surface area contributed by atoms with E-state index >= 15 is 0 Å². The number of nitrogens with zero attached hydrogens (tertiary/aromatic N) is 2. The van der Waals surface area contributed by atoms with Gasteiger partial charge in [-0.1, -0.05) is 13.8 Å². The molecule has 0 bridgehead atoms. The zero-order valence-electron chi connectivity index (χ0n) is 13.4. The number of hydrogen-bond acceptors (Lipinski definition) is 4. The molecule has 0 unspecified atom stereocenters. The quantitative estimate of drug-likeness (QED) is 0.630. The van der Waals surface area contributed by atoms with Gasteiger partial charge in [-0.2, -0.15) is 5.10 Å². The summed E-state index contributed by atoms with van der Waals surface area (Å²) in [6.07, 6.45) is 5.73. The smallest absolute Gasteiger partial charge is 0.272 e. The number of hydrogen-bond donors (Lipinski definition) is 1. The summed E-state index contributed by atoms with van der Waals surface area (Å²) in [4.78, 5) is 15.7. The molecule has 2 aromatic rings. The Morgan fingerprint density at radius 2 is 2.09 bits per heavy atom. The standard InChI is InChI=1S/C18H21N3O2/c1-14(2)9-11-23-17-7-5-15(6-8-17)12-20-21-18(22)16-4-3-10-19-13-16/h3-8,10,12-14H,9,11H2,1-2H3,(H,21,22)/b20-12+. The van der Waals surface area contributed by atoms with Gasteiger partial charge in [0.05, 0.1) is 18.4 Å². The van der Waals surface area contributed by atoms with E-state index in [1.165, 1.54) is 6.20 Å². The topological polar surface area (TPSA) is 63.6 Å². The first-order valence-electron chi connectivity index (χ1n) is 7.61. The van der Waals surface area contributed by atoms with Crippen LogP contribution in [0.3, 0.4) is 0 Å². The lowest BCUT2D eigenvalue weighted by Crippen LogP contribution is -2.17. The summed E-state index contributed by atoms with van der Waals surface area (Å²) in [6.45, 7) is 5.05. The molecule has 0 saturated carbocycles. The molecule has 1 heterocycles. The Kier molecular flexibility index (Phi) is 6.29. The summed E-state index contributed by atoms with van der Waals surface area (Å²) < 4.78 is 5.65. The van der Waals surface area contributed by atoms with Crippen LogP contribution >= 0.6 is 0 Å². The molecule has 1 aromatic heterocycles. The molecule has 120 valence electrons. The van der Waals surface area contributed by atoms with Crippen molar-refractivity contribution in [3.8, 4) is 5.75 Å². The number of carbonyl (C=O) groups is 1. The third-order valence-electron chi connectivity index (χ3n) is 3.15. The van der Waals surface area contributed by atoms with Crippen LogP contribution in [0.25, 0.3) is 0 Å². The second-order valence-corrected chi connectivity index (χ2v) is 5.54. The highest BCUT2D eigenvalue weighted by Crippen LogP contribution is 2.12. The van der Waals surface area contributed by atoms with Gasteiger partial charge in [-0.3, -0.25) is 9.78 Å². The van der Waals surface area contributed by atoms with Gasteiger partial charge in [0.25, 0.3) is 5.91 Å². The van der Waals surface area contributed by atoms with Crippen molar-refractivity contribution in [3.05, 3.63) is 59.9 Å². The van der Waals surface area contributed by atoms with E-state index in [4.69, 9.17) is 4.74 Å². The second kappa shape index (κ2) is 8.68.